The molecule has 1 unspecified atom stereocenters. The normalized spacial score (nSPS) is 21.6. The lowest BCUT2D eigenvalue weighted by atomic mass is 10.2. The largest absolute Gasteiger partial charge is 0.368 e. The van der Waals surface area contributed by atoms with Crippen molar-refractivity contribution >= 4 is 23.6 Å². The molecule has 1 aromatic heterocycles. The van der Waals surface area contributed by atoms with Crippen LogP contribution < -0.4 is 0 Å². The Hall–Kier alpha value is -1.60. The number of carbonyl (C=O) groups is 2. The molecule has 2 aliphatic heterocycles. The summed E-state index contributed by atoms with van der Waals surface area (Å²) in [6.07, 6.45) is 5.89. The highest BCUT2D eigenvalue weighted by atomic mass is 32.2. The molecule has 2 fully saturated rings. The van der Waals surface area contributed by atoms with Gasteiger partial charge in [0.2, 0.25) is 0 Å². The number of thioether (sulfide) groups is 1. The second kappa shape index (κ2) is 7.98. The number of amides is 2. The van der Waals surface area contributed by atoms with E-state index < -0.39 is 0 Å². The lowest BCUT2D eigenvalue weighted by molar-refractivity contribution is -0.140. The van der Waals surface area contributed by atoms with Crippen LogP contribution in [0.1, 0.15) is 29.6 Å². The molecule has 0 N–H and O–H groups in total. The highest BCUT2D eigenvalue weighted by Gasteiger charge is 2.30. The summed E-state index contributed by atoms with van der Waals surface area (Å²) in [5, 5.41) is 0.749. The second-order valence-electron chi connectivity index (χ2n) is 6.03. The number of pyridine rings is 1. The van der Waals surface area contributed by atoms with Crippen molar-refractivity contribution in [1.82, 2.24) is 14.8 Å². The quantitative estimate of drug-likeness (QED) is 0.777. The fraction of sp³-hybridized carbons (Fsp3) is 0.588. The summed E-state index contributed by atoms with van der Waals surface area (Å²) in [5.41, 5.74) is 0.643. The van der Waals surface area contributed by atoms with E-state index in [0.29, 0.717) is 38.3 Å². The zero-order chi connectivity index (χ0) is 16.9. The van der Waals surface area contributed by atoms with Crippen molar-refractivity contribution < 1.29 is 14.3 Å². The number of rotatable bonds is 3. The molecule has 24 heavy (non-hydrogen) atoms. The zero-order valence-electron chi connectivity index (χ0n) is 13.9. The van der Waals surface area contributed by atoms with Gasteiger partial charge in [-0.3, -0.25) is 9.59 Å². The maximum atomic E-state index is 12.8. The van der Waals surface area contributed by atoms with E-state index >= 15 is 0 Å². The highest BCUT2D eigenvalue weighted by Crippen LogP contribution is 2.20. The minimum absolute atomic E-state index is 0.00105. The predicted molar refractivity (Wildman–Crippen MR) is 92.1 cm³/mol. The van der Waals surface area contributed by atoms with Crippen LogP contribution in [0, 0.1) is 0 Å². The molecule has 1 atom stereocenters. The van der Waals surface area contributed by atoms with Crippen LogP contribution >= 0.6 is 11.8 Å². The molecule has 0 aromatic carbocycles. The van der Waals surface area contributed by atoms with Gasteiger partial charge in [-0.15, -0.1) is 11.8 Å². The van der Waals surface area contributed by atoms with E-state index in [9.17, 15) is 9.59 Å². The van der Waals surface area contributed by atoms with Gasteiger partial charge >= 0.3 is 0 Å². The molecule has 1 aromatic rings. The van der Waals surface area contributed by atoms with E-state index in [1.54, 1.807) is 12.3 Å². The molecular weight excluding hydrogens is 326 g/mol. The van der Waals surface area contributed by atoms with Gasteiger partial charge in [-0.1, -0.05) is 0 Å². The lowest BCUT2D eigenvalue weighted by Gasteiger charge is -2.24. The number of ether oxygens (including phenoxy) is 1. The van der Waals surface area contributed by atoms with Crippen LogP contribution in [-0.4, -0.2) is 71.7 Å². The van der Waals surface area contributed by atoms with Gasteiger partial charge < -0.3 is 14.5 Å². The third-order valence-corrected chi connectivity index (χ3v) is 5.21. The van der Waals surface area contributed by atoms with Crippen LogP contribution in [0.4, 0.5) is 0 Å². The summed E-state index contributed by atoms with van der Waals surface area (Å²) < 4.78 is 5.50. The molecule has 130 valence electrons. The van der Waals surface area contributed by atoms with E-state index in [-0.39, 0.29) is 17.9 Å². The van der Waals surface area contributed by atoms with Gasteiger partial charge in [0.05, 0.1) is 5.56 Å². The monoisotopic (exact) mass is 349 g/mol. The van der Waals surface area contributed by atoms with Crippen LogP contribution in [0.2, 0.25) is 0 Å². The number of hydrogen-bond acceptors (Lipinski definition) is 5. The SMILES string of the molecule is CSc1ncccc1C(=O)N1CCCN(C(=O)C2CCCO2)CC1. The Kier molecular flexibility index (Phi) is 5.73. The maximum Gasteiger partial charge on any atom is 0.256 e. The lowest BCUT2D eigenvalue weighted by Crippen LogP contribution is -2.41. The van der Waals surface area contributed by atoms with E-state index in [2.05, 4.69) is 4.98 Å². The van der Waals surface area contributed by atoms with Gasteiger partial charge in [-0.05, 0) is 37.7 Å². The van der Waals surface area contributed by atoms with Crippen molar-refractivity contribution in [3.63, 3.8) is 0 Å². The molecule has 3 rings (SSSR count). The van der Waals surface area contributed by atoms with E-state index in [1.165, 1.54) is 11.8 Å². The molecule has 0 radical (unpaired) electrons. The molecule has 2 amide bonds. The van der Waals surface area contributed by atoms with Crippen molar-refractivity contribution in [3.8, 4) is 0 Å². The van der Waals surface area contributed by atoms with Crippen molar-refractivity contribution in [2.45, 2.75) is 30.4 Å². The molecular formula is C17H23N3O3S. The zero-order valence-corrected chi connectivity index (χ0v) is 14.8. The van der Waals surface area contributed by atoms with E-state index in [4.69, 9.17) is 4.74 Å². The molecule has 2 aliphatic rings. The molecule has 0 aliphatic carbocycles. The van der Waals surface area contributed by atoms with Crippen molar-refractivity contribution in [2.75, 3.05) is 39.0 Å². The Labute approximate surface area is 146 Å². The summed E-state index contributed by atoms with van der Waals surface area (Å²) in [5.74, 6) is 0.0758. The van der Waals surface area contributed by atoms with Crippen LogP contribution in [0.3, 0.4) is 0 Å². The maximum absolute atomic E-state index is 12.8. The third-order valence-electron chi connectivity index (χ3n) is 4.49. The second-order valence-corrected chi connectivity index (χ2v) is 6.83. The summed E-state index contributed by atoms with van der Waals surface area (Å²) in [6, 6.07) is 3.61. The average molecular weight is 349 g/mol. The summed E-state index contributed by atoms with van der Waals surface area (Å²) in [6.45, 7) is 3.15. The van der Waals surface area contributed by atoms with Gasteiger partial charge in [-0.2, -0.15) is 0 Å². The molecule has 0 bridgehead atoms. The summed E-state index contributed by atoms with van der Waals surface area (Å²) in [7, 11) is 0. The summed E-state index contributed by atoms with van der Waals surface area (Å²) >= 11 is 1.48. The fourth-order valence-corrected chi connectivity index (χ4v) is 3.75. The molecule has 7 heteroatoms. The first-order valence-corrected chi connectivity index (χ1v) is 9.62. The molecule has 0 saturated carbocycles. The van der Waals surface area contributed by atoms with E-state index in [1.807, 2.05) is 22.1 Å². The topological polar surface area (TPSA) is 62.7 Å². The van der Waals surface area contributed by atoms with Crippen molar-refractivity contribution in [3.05, 3.63) is 23.9 Å². The average Bonchev–Trinajstić information content (AvgIpc) is 3.05. The fourth-order valence-electron chi connectivity index (χ4n) is 3.20. The van der Waals surface area contributed by atoms with Crippen LogP contribution in [0.25, 0.3) is 0 Å². The van der Waals surface area contributed by atoms with Gasteiger partial charge in [0.15, 0.2) is 0 Å². The highest BCUT2D eigenvalue weighted by molar-refractivity contribution is 7.98. The van der Waals surface area contributed by atoms with Gasteiger partial charge in [0.25, 0.3) is 11.8 Å². The predicted octanol–water partition coefficient (Wildman–Crippen LogP) is 1.66. The van der Waals surface area contributed by atoms with Crippen molar-refractivity contribution in [2.24, 2.45) is 0 Å². The van der Waals surface area contributed by atoms with Crippen LogP contribution in [0.5, 0.6) is 0 Å². The minimum Gasteiger partial charge on any atom is -0.368 e. The van der Waals surface area contributed by atoms with Gasteiger partial charge in [0, 0.05) is 39.0 Å². The minimum atomic E-state index is -0.284. The molecule has 2 saturated heterocycles. The first-order chi connectivity index (χ1) is 11.7. The Balaban J connectivity index is 1.64. The number of nitrogens with zero attached hydrogens (tertiary/aromatic N) is 3. The number of hydrogen-bond donors (Lipinski definition) is 0. The first kappa shape index (κ1) is 17.2. The smallest absolute Gasteiger partial charge is 0.256 e. The Morgan fingerprint density at radius 3 is 2.75 bits per heavy atom. The Bertz CT molecular complexity index is 604. The van der Waals surface area contributed by atoms with E-state index in [0.717, 1.165) is 24.3 Å². The molecule has 6 nitrogen and oxygen atoms in total. The standard InChI is InChI=1S/C17H23N3O3S/c1-24-15-13(5-2-7-18-15)16(21)19-8-4-9-20(11-10-19)17(22)14-6-3-12-23-14/h2,5,7,14H,3-4,6,8-12H2,1H3. The number of carbonyl (C=O) groups excluding carboxylic acids is 2. The summed E-state index contributed by atoms with van der Waals surface area (Å²) in [4.78, 5) is 33.2. The number of aromatic nitrogens is 1. The Morgan fingerprint density at radius 1 is 1.21 bits per heavy atom. The Morgan fingerprint density at radius 2 is 2.00 bits per heavy atom. The van der Waals surface area contributed by atoms with Gasteiger partial charge in [0.1, 0.15) is 11.1 Å². The van der Waals surface area contributed by atoms with Gasteiger partial charge in [-0.25, -0.2) is 4.98 Å². The first-order valence-electron chi connectivity index (χ1n) is 8.39. The molecule has 0 spiro atoms. The van der Waals surface area contributed by atoms with Crippen LogP contribution in [0.15, 0.2) is 23.4 Å². The van der Waals surface area contributed by atoms with Crippen molar-refractivity contribution in [1.29, 1.82) is 0 Å². The third kappa shape index (κ3) is 3.72. The van der Waals surface area contributed by atoms with Crippen LogP contribution in [-0.2, 0) is 9.53 Å². The molecule has 3 heterocycles.